The van der Waals surface area contributed by atoms with Gasteiger partial charge in [0.1, 0.15) is 5.60 Å². The summed E-state index contributed by atoms with van der Waals surface area (Å²) in [6.45, 7) is 7.40. The Hall–Kier alpha value is -2.62. The molecule has 126 valence electrons. The van der Waals surface area contributed by atoms with Crippen molar-refractivity contribution in [2.75, 3.05) is 7.11 Å². The van der Waals surface area contributed by atoms with Gasteiger partial charge in [-0.25, -0.2) is 9.59 Å². The lowest BCUT2D eigenvalue weighted by Crippen LogP contribution is -2.24. The van der Waals surface area contributed by atoms with Crippen LogP contribution in [0.5, 0.6) is 0 Å². The van der Waals surface area contributed by atoms with Crippen LogP contribution >= 0.6 is 0 Å². The third kappa shape index (κ3) is 4.02. The van der Waals surface area contributed by atoms with Crippen molar-refractivity contribution in [3.63, 3.8) is 0 Å². The van der Waals surface area contributed by atoms with Crippen molar-refractivity contribution in [1.82, 2.24) is 0 Å². The number of carbonyl (C=O) groups excluding carboxylic acids is 2. The molecule has 0 aliphatic carbocycles. The maximum Gasteiger partial charge on any atom is 0.339 e. The molecule has 0 amide bonds. The zero-order valence-corrected chi connectivity index (χ0v) is 14.7. The van der Waals surface area contributed by atoms with Gasteiger partial charge >= 0.3 is 11.9 Å². The molecule has 0 N–H and O–H groups in total. The lowest BCUT2D eigenvalue weighted by molar-refractivity contribution is 0.00704. The van der Waals surface area contributed by atoms with Gasteiger partial charge in [-0.1, -0.05) is 30.3 Å². The molecule has 0 unspecified atom stereocenters. The number of carbonyl (C=O) groups is 2. The van der Waals surface area contributed by atoms with Crippen molar-refractivity contribution in [2.24, 2.45) is 0 Å². The topological polar surface area (TPSA) is 52.6 Å². The molecule has 2 aromatic carbocycles. The summed E-state index contributed by atoms with van der Waals surface area (Å²) in [6, 6.07) is 12.7. The van der Waals surface area contributed by atoms with Gasteiger partial charge in [0, 0.05) is 0 Å². The fourth-order valence-electron chi connectivity index (χ4n) is 2.40. The van der Waals surface area contributed by atoms with E-state index in [1.807, 2.05) is 52.0 Å². The highest BCUT2D eigenvalue weighted by Gasteiger charge is 2.23. The molecular formula is C20H22O4. The van der Waals surface area contributed by atoms with Gasteiger partial charge in [0.05, 0.1) is 18.2 Å². The van der Waals surface area contributed by atoms with Crippen LogP contribution in [-0.4, -0.2) is 24.6 Å². The van der Waals surface area contributed by atoms with E-state index >= 15 is 0 Å². The monoisotopic (exact) mass is 326 g/mol. The summed E-state index contributed by atoms with van der Waals surface area (Å²) < 4.78 is 10.3. The quantitative estimate of drug-likeness (QED) is 0.784. The fourth-order valence-corrected chi connectivity index (χ4v) is 2.40. The van der Waals surface area contributed by atoms with Crippen LogP contribution in [0.3, 0.4) is 0 Å². The van der Waals surface area contributed by atoms with Crippen molar-refractivity contribution in [2.45, 2.75) is 33.3 Å². The van der Waals surface area contributed by atoms with E-state index in [2.05, 4.69) is 0 Å². The Bertz CT molecular complexity index is 769. The molecule has 4 nitrogen and oxygen atoms in total. The van der Waals surface area contributed by atoms with Crippen LogP contribution in [0.15, 0.2) is 42.5 Å². The highest BCUT2D eigenvalue weighted by Crippen LogP contribution is 2.29. The van der Waals surface area contributed by atoms with Crippen molar-refractivity contribution >= 4 is 11.9 Å². The van der Waals surface area contributed by atoms with Crippen molar-refractivity contribution in [3.8, 4) is 11.1 Å². The first kappa shape index (κ1) is 17.7. The first-order valence-corrected chi connectivity index (χ1v) is 7.74. The second-order valence-corrected chi connectivity index (χ2v) is 6.57. The summed E-state index contributed by atoms with van der Waals surface area (Å²) in [5.74, 6) is -0.956. The number of esters is 2. The fraction of sp³-hybridized carbons (Fsp3) is 0.300. The minimum atomic E-state index is -0.624. The standard InChI is InChI=1S/C20H22O4/c1-13-8-6-7-9-15(13)16-11-10-14(18(21)23-5)12-17(16)19(22)24-20(2,3)4/h6-12H,1-5H3. The van der Waals surface area contributed by atoms with E-state index in [1.54, 1.807) is 12.1 Å². The first-order chi connectivity index (χ1) is 11.2. The summed E-state index contributed by atoms with van der Waals surface area (Å²) in [4.78, 5) is 24.5. The predicted octanol–water partition coefficient (Wildman–Crippen LogP) is 4.40. The zero-order valence-electron chi connectivity index (χ0n) is 14.7. The van der Waals surface area contributed by atoms with Crippen molar-refractivity contribution in [1.29, 1.82) is 0 Å². The smallest absolute Gasteiger partial charge is 0.339 e. The summed E-state index contributed by atoms with van der Waals surface area (Å²) in [7, 11) is 1.31. The minimum Gasteiger partial charge on any atom is -0.465 e. The number of hydrogen-bond donors (Lipinski definition) is 0. The molecule has 0 saturated heterocycles. The molecule has 0 heterocycles. The normalized spacial score (nSPS) is 11.0. The van der Waals surface area contributed by atoms with Crippen molar-refractivity contribution in [3.05, 3.63) is 59.2 Å². The van der Waals surface area contributed by atoms with Gasteiger partial charge < -0.3 is 9.47 Å². The van der Waals surface area contributed by atoms with Gasteiger partial charge in [-0.05, 0) is 56.5 Å². The Kier molecular flexibility index (Phi) is 5.07. The number of hydrogen-bond acceptors (Lipinski definition) is 4. The molecule has 0 aliphatic heterocycles. The largest absolute Gasteiger partial charge is 0.465 e. The average Bonchev–Trinajstić information content (AvgIpc) is 2.52. The molecule has 2 aromatic rings. The molecule has 0 aliphatic rings. The molecule has 0 bridgehead atoms. The van der Waals surface area contributed by atoms with Crippen LogP contribution < -0.4 is 0 Å². The highest BCUT2D eigenvalue weighted by atomic mass is 16.6. The van der Waals surface area contributed by atoms with E-state index in [4.69, 9.17) is 9.47 Å². The first-order valence-electron chi connectivity index (χ1n) is 7.74. The summed E-state index contributed by atoms with van der Waals surface area (Å²) in [5, 5.41) is 0. The maximum absolute atomic E-state index is 12.7. The summed E-state index contributed by atoms with van der Waals surface area (Å²) >= 11 is 0. The molecule has 4 heteroatoms. The van der Waals surface area contributed by atoms with Crippen molar-refractivity contribution < 1.29 is 19.1 Å². The van der Waals surface area contributed by atoms with E-state index in [-0.39, 0.29) is 0 Å². The van der Waals surface area contributed by atoms with Gasteiger partial charge in [0.25, 0.3) is 0 Å². The van der Waals surface area contributed by atoms with Crippen LogP contribution in [0.25, 0.3) is 11.1 Å². The second-order valence-electron chi connectivity index (χ2n) is 6.57. The van der Waals surface area contributed by atoms with Crippen LogP contribution in [-0.2, 0) is 9.47 Å². The average molecular weight is 326 g/mol. The van der Waals surface area contributed by atoms with Gasteiger partial charge in [0.15, 0.2) is 0 Å². The SMILES string of the molecule is COC(=O)c1ccc(-c2ccccc2C)c(C(=O)OC(C)(C)C)c1. The zero-order chi connectivity index (χ0) is 17.9. The molecule has 0 atom stereocenters. The third-order valence-corrected chi connectivity index (χ3v) is 3.49. The molecule has 0 radical (unpaired) electrons. The molecule has 0 fully saturated rings. The second kappa shape index (κ2) is 6.87. The number of benzene rings is 2. The number of methoxy groups -OCH3 is 1. The Labute approximate surface area is 142 Å². The number of ether oxygens (including phenoxy) is 2. The summed E-state index contributed by atoms with van der Waals surface area (Å²) in [5.41, 5.74) is 2.73. The predicted molar refractivity (Wildman–Crippen MR) is 93.1 cm³/mol. The highest BCUT2D eigenvalue weighted by molar-refractivity contribution is 6.01. The summed E-state index contributed by atoms with van der Waals surface area (Å²) in [6.07, 6.45) is 0. The number of rotatable bonds is 3. The van der Waals surface area contributed by atoms with E-state index in [9.17, 15) is 9.59 Å². The molecular weight excluding hydrogens is 304 g/mol. The molecule has 24 heavy (non-hydrogen) atoms. The van der Waals surface area contributed by atoms with Crippen LogP contribution in [0.4, 0.5) is 0 Å². The van der Waals surface area contributed by atoms with E-state index in [0.29, 0.717) is 11.1 Å². The van der Waals surface area contributed by atoms with Gasteiger partial charge in [-0.3, -0.25) is 0 Å². The Morgan fingerprint density at radius 3 is 2.17 bits per heavy atom. The van der Waals surface area contributed by atoms with Crippen LogP contribution in [0.2, 0.25) is 0 Å². The van der Waals surface area contributed by atoms with Gasteiger partial charge in [0.2, 0.25) is 0 Å². The van der Waals surface area contributed by atoms with Crippen LogP contribution in [0, 0.1) is 6.92 Å². The van der Waals surface area contributed by atoms with E-state index in [1.165, 1.54) is 13.2 Å². The Balaban J connectivity index is 2.60. The molecule has 0 spiro atoms. The lowest BCUT2D eigenvalue weighted by atomic mass is 9.94. The lowest BCUT2D eigenvalue weighted by Gasteiger charge is -2.21. The minimum absolute atomic E-state index is 0.315. The molecule has 0 aromatic heterocycles. The molecule has 2 rings (SSSR count). The Morgan fingerprint density at radius 1 is 0.917 bits per heavy atom. The van der Waals surface area contributed by atoms with E-state index < -0.39 is 17.5 Å². The maximum atomic E-state index is 12.7. The Morgan fingerprint density at radius 2 is 1.58 bits per heavy atom. The van der Waals surface area contributed by atoms with Gasteiger partial charge in [-0.15, -0.1) is 0 Å². The van der Waals surface area contributed by atoms with Crippen LogP contribution in [0.1, 0.15) is 47.1 Å². The third-order valence-electron chi connectivity index (χ3n) is 3.49. The van der Waals surface area contributed by atoms with Gasteiger partial charge in [-0.2, -0.15) is 0 Å². The number of aryl methyl sites for hydroxylation is 1. The molecule has 0 saturated carbocycles. The van der Waals surface area contributed by atoms with E-state index in [0.717, 1.165) is 16.7 Å².